The van der Waals surface area contributed by atoms with Crippen molar-refractivity contribution in [1.29, 1.82) is 0 Å². The lowest BCUT2D eigenvalue weighted by molar-refractivity contribution is 0.870. The highest BCUT2D eigenvalue weighted by molar-refractivity contribution is 7.18. The molecule has 0 radical (unpaired) electrons. The molecule has 2 aromatic heterocycles. The van der Waals surface area contributed by atoms with Gasteiger partial charge in [0.05, 0.1) is 5.01 Å². The number of hydrogen-bond acceptors (Lipinski definition) is 3. The Balaban J connectivity index is 2.66. The van der Waals surface area contributed by atoms with Crippen molar-refractivity contribution in [2.24, 2.45) is 0 Å². The van der Waals surface area contributed by atoms with Crippen molar-refractivity contribution < 1.29 is 0 Å². The number of hydrogen-bond donors (Lipinski definition) is 0. The van der Waals surface area contributed by atoms with Crippen LogP contribution in [0, 0.1) is 0 Å². The topological polar surface area (TPSA) is 25.8 Å². The number of pyridine rings is 1. The summed E-state index contributed by atoms with van der Waals surface area (Å²) in [5.41, 5.74) is 2.41. The molecular weight excluding hydrogens is 192 g/mol. The maximum absolute atomic E-state index is 4.61. The van der Waals surface area contributed by atoms with Crippen LogP contribution in [-0.4, -0.2) is 9.97 Å². The third kappa shape index (κ3) is 1.52. The number of rotatable bonds is 2. The molecule has 0 unspecified atom stereocenters. The highest BCUT2D eigenvalue weighted by Gasteiger charge is 2.10. The van der Waals surface area contributed by atoms with Crippen molar-refractivity contribution in [2.75, 3.05) is 0 Å². The molecule has 0 atom stereocenters. The fraction of sp³-hybridized carbons (Fsp3) is 0.455. The third-order valence-electron chi connectivity index (χ3n) is 2.30. The van der Waals surface area contributed by atoms with Gasteiger partial charge >= 0.3 is 0 Å². The minimum atomic E-state index is 0.521. The fourth-order valence-corrected chi connectivity index (χ4v) is 2.39. The van der Waals surface area contributed by atoms with Crippen molar-refractivity contribution in [2.45, 2.75) is 33.1 Å². The number of aryl methyl sites for hydroxylation is 1. The van der Waals surface area contributed by atoms with Gasteiger partial charge < -0.3 is 0 Å². The molecule has 0 saturated heterocycles. The highest BCUT2D eigenvalue weighted by atomic mass is 32.1. The Morgan fingerprint density at radius 3 is 2.86 bits per heavy atom. The molecule has 0 aliphatic heterocycles. The van der Waals surface area contributed by atoms with Crippen LogP contribution in [0.1, 0.15) is 37.3 Å². The monoisotopic (exact) mass is 206 g/mol. The lowest BCUT2D eigenvalue weighted by Crippen LogP contribution is -1.90. The Labute approximate surface area is 88.0 Å². The van der Waals surface area contributed by atoms with Gasteiger partial charge in [-0.25, -0.2) is 9.97 Å². The van der Waals surface area contributed by atoms with Gasteiger partial charge in [0.1, 0.15) is 10.3 Å². The number of nitrogens with zero attached hydrogens (tertiary/aromatic N) is 2. The standard InChI is InChI=1S/C11H14N2S/c1-4-9-13-10-8(7(2)3)5-6-12-11(10)14-9/h5-7H,4H2,1-3H3. The van der Waals surface area contributed by atoms with Crippen LogP contribution in [-0.2, 0) is 6.42 Å². The normalized spacial score (nSPS) is 11.4. The Hall–Kier alpha value is -0.960. The van der Waals surface area contributed by atoms with E-state index in [1.165, 1.54) is 10.6 Å². The Kier molecular flexibility index (Phi) is 2.50. The molecule has 0 fully saturated rings. The first-order chi connectivity index (χ1) is 6.72. The largest absolute Gasteiger partial charge is 0.244 e. The predicted molar refractivity (Wildman–Crippen MR) is 60.9 cm³/mol. The van der Waals surface area contributed by atoms with Gasteiger partial charge in [0, 0.05) is 6.20 Å². The Morgan fingerprint density at radius 1 is 1.43 bits per heavy atom. The van der Waals surface area contributed by atoms with Crippen molar-refractivity contribution in [1.82, 2.24) is 9.97 Å². The summed E-state index contributed by atoms with van der Waals surface area (Å²) in [4.78, 5) is 10.0. The minimum absolute atomic E-state index is 0.521. The first-order valence-corrected chi connectivity index (χ1v) is 5.78. The van der Waals surface area contributed by atoms with E-state index in [0.29, 0.717) is 5.92 Å². The van der Waals surface area contributed by atoms with Crippen LogP contribution in [0.4, 0.5) is 0 Å². The van der Waals surface area contributed by atoms with Crippen LogP contribution in [0.25, 0.3) is 10.3 Å². The van der Waals surface area contributed by atoms with E-state index in [9.17, 15) is 0 Å². The summed E-state index contributed by atoms with van der Waals surface area (Å²) in [6, 6.07) is 2.08. The zero-order valence-electron chi connectivity index (χ0n) is 8.74. The van der Waals surface area contributed by atoms with E-state index < -0.39 is 0 Å². The van der Waals surface area contributed by atoms with Gasteiger partial charge in [-0.15, -0.1) is 0 Å². The van der Waals surface area contributed by atoms with Crippen LogP contribution in [0.3, 0.4) is 0 Å². The van der Waals surface area contributed by atoms with Crippen molar-refractivity contribution in [3.8, 4) is 0 Å². The first kappa shape index (κ1) is 9.59. The number of aromatic nitrogens is 2. The predicted octanol–water partition coefficient (Wildman–Crippen LogP) is 3.38. The van der Waals surface area contributed by atoms with E-state index in [1.54, 1.807) is 11.3 Å². The molecule has 2 heterocycles. The van der Waals surface area contributed by atoms with Gasteiger partial charge in [0.15, 0.2) is 0 Å². The first-order valence-electron chi connectivity index (χ1n) is 4.96. The lowest BCUT2D eigenvalue weighted by Gasteiger charge is -2.04. The number of thiazole rings is 1. The summed E-state index contributed by atoms with van der Waals surface area (Å²) in [6.07, 6.45) is 2.88. The van der Waals surface area contributed by atoms with Crippen LogP contribution in [0.5, 0.6) is 0 Å². The number of fused-ring (bicyclic) bond motifs is 1. The fourth-order valence-electron chi connectivity index (χ4n) is 1.51. The molecule has 14 heavy (non-hydrogen) atoms. The highest BCUT2D eigenvalue weighted by Crippen LogP contribution is 2.27. The lowest BCUT2D eigenvalue weighted by atomic mass is 10.0. The van der Waals surface area contributed by atoms with Gasteiger partial charge in [-0.1, -0.05) is 32.1 Å². The molecule has 0 N–H and O–H groups in total. The van der Waals surface area contributed by atoms with E-state index in [4.69, 9.17) is 0 Å². The molecule has 0 spiro atoms. The maximum Gasteiger partial charge on any atom is 0.143 e. The van der Waals surface area contributed by atoms with Crippen LogP contribution >= 0.6 is 11.3 Å². The summed E-state index contributed by atoms with van der Waals surface area (Å²) < 4.78 is 0. The molecule has 0 aromatic carbocycles. The Bertz CT molecular complexity index is 445. The van der Waals surface area contributed by atoms with Crippen molar-refractivity contribution in [3.63, 3.8) is 0 Å². The minimum Gasteiger partial charge on any atom is -0.244 e. The van der Waals surface area contributed by atoms with Crippen molar-refractivity contribution >= 4 is 21.7 Å². The zero-order chi connectivity index (χ0) is 10.1. The quantitative estimate of drug-likeness (QED) is 0.752. The zero-order valence-corrected chi connectivity index (χ0v) is 9.56. The smallest absolute Gasteiger partial charge is 0.143 e. The van der Waals surface area contributed by atoms with Crippen LogP contribution in [0.15, 0.2) is 12.3 Å². The summed E-state index contributed by atoms with van der Waals surface area (Å²) in [5.74, 6) is 0.521. The average Bonchev–Trinajstić information content (AvgIpc) is 2.59. The van der Waals surface area contributed by atoms with E-state index in [0.717, 1.165) is 16.8 Å². The van der Waals surface area contributed by atoms with Gasteiger partial charge in [-0.2, -0.15) is 0 Å². The summed E-state index contributed by atoms with van der Waals surface area (Å²) in [6.45, 7) is 6.52. The van der Waals surface area contributed by atoms with E-state index >= 15 is 0 Å². The van der Waals surface area contributed by atoms with Gasteiger partial charge in [-0.3, -0.25) is 0 Å². The van der Waals surface area contributed by atoms with Crippen molar-refractivity contribution in [3.05, 3.63) is 22.8 Å². The second-order valence-electron chi connectivity index (χ2n) is 3.67. The molecule has 3 heteroatoms. The molecule has 0 bridgehead atoms. The summed E-state index contributed by atoms with van der Waals surface area (Å²) >= 11 is 1.71. The van der Waals surface area contributed by atoms with Crippen LogP contribution < -0.4 is 0 Å². The summed E-state index contributed by atoms with van der Waals surface area (Å²) in [5, 5.41) is 1.18. The molecule has 0 amide bonds. The molecule has 2 rings (SSSR count). The van der Waals surface area contributed by atoms with Gasteiger partial charge in [0.2, 0.25) is 0 Å². The Morgan fingerprint density at radius 2 is 2.21 bits per heavy atom. The van der Waals surface area contributed by atoms with Gasteiger partial charge in [-0.05, 0) is 24.0 Å². The van der Waals surface area contributed by atoms with E-state index in [2.05, 4.69) is 36.8 Å². The van der Waals surface area contributed by atoms with E-state index in [1.807, 2.05) is 6.20 Å². The summed E-state index contributed by atoms with van der Waals surface area (Å²) in [7, 11) is 0. The van der Waals surface area contributed by atoms with Gasteiger partial charge in [0.25, 0.3) is 0 Å². The SMILES string of the molecule is CCc1nc2c(C(C)C)ccnc2s1. The molecule has 0 aliphatic rings. The molecular formula is C11H14N2S. The average molecular weight is 206 g/mol. The molecule has 74 valence electrons. The third-order valence-corrected chi connectivity index (χ3v) is 3.41. The van der Waals surface area contributed by atoms with Crippen LogP contribution in [0.2, 0.25) is 0 Å². The molecule has 0 aliphatic carbocycles. The second-order valence-corrected chi connectivity index (χ2v) is 4.73. The molecule has 2 aromatic rings. The van der Waals surface area contributed by atoms with E-state index in [-0.39, 0.29) is 0 Å². The molecule has 2 nitrogen and oxygen atoms in total. The maximum atomic E-state index is 4.61. The second kappa shape index (κ2) is 3.65. The molecule has 0 saturated carbocycles.